The Morgan fingerprint density at radius 2 is 1.79 bits per heavy atom. The van der Waals surface area contributed by atoms with Crippen LogP contribution in [-0.2, 0) is 11.3 Å². The number of carbonyl (C=O) groups is 1. The first-order valence-electron chi connectivity index (χ1n) is 5.30. The number of hydrogen-bond acceptors (Lipinski definition) is 3. The highest BCUT2D eigenvalue weighted by Crippen LogP contribution is 2.31. The van der Waals surface area contributed by atoms with Crippen molar-refractivity contribution >= 4 is 40.8 Å². The monoisotopic (exact) mass is 315 g/mol. The van der Waals surface area contributed by atoms with Crippen LogP contribution in [0.2, 0.25) is 15.1 Å². The minimum Gasteiger partial charge on any atom is -0.456 e. The van der Waals surface area contributed by atoms with Crippen LogP contribution in [0.4, 0.5) is 0 Å². The number of carbonyl (C=O) groups excluding carboxylic acids is 1. The molecule has 0 amide bonds. The molecule has 98 valence electrons. The van der Waals surface area contributed by atoms with Gasteiger partial charge in [-0.05, 0) is 5.56 Å². The third-order valence-electron chi connectivity index (χ3n) is 2.32. The van der Waals surface area contributed by atoms with Crippen LogP contribution in [0.15, 0.2) is 36.5 Å². The van der Waals surface area contributed by atoms with Crippen molar-refractivity contribution in [1.29, 1.82) is 0 Å². The SMILES string of the molecule is O=C(OCc1ccccc1)c1ncc(Cl)c(Cl)c1Cl. The third kappa shape index (κ3) is 3.38. The molecular weight excluding hydrogens is 309 g/mol. The molecule has 0 aliphatic carbocycles. The second kappa shape index (κ2) is 6.24. The largest absolute Gasteiger partial charge is 0.456 e. The second-order valence-corrected chi connectivity index (χ2v) is 4.81. The van der Waals surface area contributed by atoms with E-state index in [9.17, 15) is 4.79 Å². The van der Waals surface area contributed by atoms with E-state index in [1.807, 2.05) is 30.3 Å². The molecule has 0 aliphatic rings. The lowest BCUT2D eigenvalue weighted by Crippen LogP contribution is -2.08. The Labute approximate surface area is 125 Å². The van der Waals surface area contributed by atoms with E-state index in [2.05, 4.69) is 4.98 Å². The number of nitrogens with zero attached hydrogens (tertiary/aromatic N) is 1. The van der Waals surface area contributed by atoms with Gasteiger partial charge in [0.25, 0.3) is 0 Å². The molecule has 1 heterocycles. The smallest absolute Gasteiger partial charge is 0.358 e. The molecular formula is C13H8Cl3NO2. The highest BCUT2D eigenvalue weighted by atomic mass is 35.5. The number of rotatable bonds is 3. The molecule has 2 aromatic rings. The van der Waals surface area contributed by atoms with E-state index in [1.165, 1.54) is 6.20 Å². The van der Waals surface area contributed by atoms with Crippen LogP contribution in [0, 0.1) is 0 Å². The molecule has 6 heteroatoms. The number of ether oxygens (including phenoxy) is 1. The van der Waals surface area contributed by atoms with E-state index < -0.39 is 5.97 Å². The standard InChI is InChI=1S/C13H8Cl3NO2/c14-9-6-17-12(11(16)10(9)15)13(18)19-7-8-4-2-1-3-5-8/h1-6H,7H2. The molecule has 0 spiro atoms. The number of pyridine rings is 1. The zero-order valence-electron chi connectivity index (χ0n) is 9.57. The van der Waals surface area contributed by atoms with Gasteiger partial charge in [0.2, 0.25) is 0 Å². The highest BCUT2D eigenvalue weighted by molar-refractivity contribution is 6.48. The van der Waals surface area contributed by atoms with Crippen LogP contribution in [0.1, 0.15) is 16.1 Å². The molecule has 0 radical (unpaired) electrons. The van der Waals surface area contributed by atoms with Gasteiger partial charge in [-0.25, -0.2) is 9.78 Å². The molecule has 1 aromatic heterocycles. The van der Waals surface area contributed by atoms with Gasteiger partial charge < -0.3 is 4.74 Å². The van der Waals surface area contributed by atoms with Crippen molar-refractivity contribution in [2.24, 2.45) is 0 Å². The molecule has 3 nitrogen and oxygen atoms in total. The predicted molar refractivity (Wildman–Crippen MR) is 74.8 cm³/mol. The Hall–Kier alpha value is -1.29. The van der Waals surface area contributed by atoms with Gasteiger partial charge in [-0.2, -0.15) is 0 Å². The molecule has 0 atom stereocenters. The van der Waals surface area contributed by atoms with Crippen molar-refractivity contribution in [3.63, 3.8) is 0 Å². The Kier molecular flexibility index (Phi) is 4.64. The molecule has 1 aromatic carbocycles. The van der Waals surface area contributed by atoms with Crippen LogP contribution in [0.25, 0.3) is 0 Å². The number of benzene rings is 1. The van der Waals surface area contributed by atoms with E-state index in [0.29, 0.717) is 0 Å². The van der Waals surface area contributed by atoms with Crippen molar-refractivity contribution in [3.8, 4) is 0 Å². The third-order valence-corrected chi connectivity index (χ3v) is 3.56. The van der Waals surface area contributed by atoms with Crippen LogP contribution in [0.3, 0.4) is 0 Å². The fraction of sp³-hybridized carbons (Fsp3) is 0.0769. The topological polar surface area (TPSA) is 39.2 Å². The van der Waals surface area contributed by atoms with E-state index in [4.69, 9.17) is 39.5 Å². The molecule has 19 heavy (non-hydrogen) atoms. The number of halogens is 3. The first kappa shape index (κ1) is 14.1. The van der Waals surface area contributed by atoms with Gasteiger partial charge in [0.1, 0.15) is 6.61 Å². The maximum Gasteiger partial charge on any atom is 0.358 e. The van der Waals surface area contributed by atoms with Crippen molar-refractivity contribution in [3.05, 3.63) is 62.9 Å². The summed E-state index contributed by atoms with van der Waals surface area (Å²) in [5.74, 6) is -0.646. The van der Waals surface area contributed by atoms with Gasteiger partial charge >= 0.3 is 5.97 Å². The Bertz CT molecular complexity index is 602. The summed E-state index contributed by atoms with van der Waals surface area (Å²) >= 11 is 17.5. The predicted octanol–water partition coefficient (Wildman–Crippen LogP) is 4.40. The summed E-state index contributed by atoms with van der Waals surface area (Å²) in [7, 11) is 0. The van der Waals surface area contributed by atoms with Crippen molar-refractivity contribution < 1.29 is 9.53 Å². The molecule has 0 saturated carbocycles. The summed E-state index contributed by atoms with van der Waals surface area (Å²) in [6, 6.07) is 9.28. The van der Waals surface area contributed by atoms with E-state index in [1.54, 1.807) is 0 Å². The minimum atomic E-state index is -0.646. The summed E-state index contributed by atoms with van der Waals surface area (Å²) < 4.78 is 5.10. The quantitative estimate of drug-likeness (QED) is 0.788. The fourth-order valence-corrected chi connectivity index (χ4v) is 1.93. The van der Waals surface area contributed by atoms with Crippen LogP contribution >= 0.6 is 34.8 Å². The number of hydrogen-bond donors (Lipinski definition) is 0. The number of aromatic nitrogens is 1. The molecule has 0 unspecified atom stereocenters. The zero-order chi connectivity index (χ0) is 13.8. The van der Waals surface area contributed by atoms with Gasteiger partial charge in [-0.15, -0.1) is 0 Å². The molecule has 2 rings (SSSR count). The summed E-state index contributed by atoms with van der Waals surface area (Å²) in [5.41, 5.74) is 0.819. The fourth-order valence-electron chi connectivity index (χ4n) is 1.38. The van der Waals surface area contributed by atoms with Gasteiger partial charge in [0.15, 0.2) is 5.69 Å². The minimum absolute atomic E-state index is 0.00720. The Balaban J connectivity index is 2.11. The average molecular weight is 317 g/mol. The number of esters is 1. The normalized spacial score (nSPS) is 10.3. The van der Waals surface area contributed by atoms with Gasteiger partial charge in [-0.1, -0.05) is 65.1 Å². The van der Waals surface area contributed by atoms with Crippen LogP contribution < -0.4 is 0 Å². The lowest BCUT2D eigenvalue weighted by molar-refractivity contribution is 0.0466. The summed E-state index contributed by atoms with van der Waals surface area (Å²) in [5, 5.41) is 0.267. The second-order valence-electron chi connectivity index (χ2n) is 3.64. The average Bonchev–Trinajstić information content (AvgIpc) is 2.43. The molecule has 0 bridgehead atoms. The van der Waals surface area contributed by atoms with Crippen molar-refractivity contribution in [2.45, 2.75) is 6.61 Å². The molecule has 0 saturated heterocycles. The summed E-state index contributed by atoms with van der Waals surface area (Å²) in [6.07, 6.45) is 1.26. The first-order chi connectivity index (χ1) is 9.09. The zero-order valence-corrected chi connectivity index (χ0v) is 11.8. The van der Waals surface area contributed by atoms with E-state index >= 15 is 0 Å². The summed E-state index contributed by atoms with van der Waals surface area (Å²) in [6.45, 7) is 0.137. The van der Waals surface area contributed by atoms with Gasteiger partial charge in [0.05, 0.1) is 15.1 Å². The van der Waals surface area contributed by atoms with Gasteiger partial charge in [0, 0.05) is 6.20 Å². The van der Waals surface area contributed by atoms with Crippen molar-refractivity contribution in [1.82, 2.24) is 4.98 Å². The molecule has 0 aliphatic heterocycles. The van der Waals surface area contributed by atoms with E-state index in [0.717, 1.165) is 5.56 Å². The molecule has 0 N–H and O–H groups in total. The first-order valence-corrected chi connectivity index (χ1v) is 6.43. The van der Waals surface area contributed by atoms with Crippen LogP contribution in [0.5, 0.6) is 0 Å². The lowest BCUT2D eigenvalue weighted by atomic mass is 10.2. The molecule has 0 fully saturated rings. The maximum absolute atomic E-state index is 11.8. The van der Waals surface area contributed by atoms with Crippen molar-refractivity contribution in [2.75, 3.05) is 0 Å². The Morgan fingerprint density at radius 3 is 2.47 bits per heavy atom. The van der Waals surface area contributed by atoms with Crippen LogP contribution in [-0.4, -0.2) is 11.0 Å². The highest BCUT2D eigenvalue weighted by Gasteiger charge is 2.18. The Morgan fingerprint density at radius 1 is 1.11 bits per heavy atom. The lowest BCUT2D eigenvalue weighted by Gasteiger charge is -2.07. The van der Waals surface area contributed by atoms with E-state index in [-0.39, 0.29) is 27.4 Å². The van der Waals surface area contributed by atoms with Gasteiger partial charge in [-0.3, -0.25) is 0 Å². The summed E-state index contributed by atoms with van der Waals surface area (Å²) in [4.78, 5) is 15.7. The maximum atomic E-state index is 11.8.